The van der Waals surface area contributed by atoms with E-state index in [1.807, 2.05) is 13.8 Å². The summed E-state index contributed by atoms with van der Waals surface area (Å²) in [4.78, 5) is 0. The Kier molecular flexibility index (Phi) is 3.98. The van der Waals surface area contributed by atoms with Gasteiger partial charge in [0.1, 0.15) is 0 Å². The van der Waals surface area contributed by atoms with Gasteiger partial charge >= 0.3 is 0 Å². The van der Waals surface area contributed by atoms with Gasteiger partial charge in [0.2, 0.25) is 0 Å². The van der Waals surface area contributed by atoms with E-state index in [0.717, 1.165) is 0 Å². The third-order valence-corrected chi connectivity index (χ3v) is 4.27. The van der Waals surface area contributed by atoms with Crippen LogP contribution in [-0.2, 0) is 5.41 Å². The molecule has 0 radical (unpaired) electrons. The van der Waals surface area contributed by atoms with Gasteiger partial charge in [-0.3, -0.25) is 0 Å². The largest absolute Gasteiger partial charge is 0.504 e. The van der Waals surface area contributed by atoms with Crippen LogP contribution >= 0.6 is 0 Å². The molecule has 0 aliphatic rings. The fourth-order valence-electron chi connectivity index (χ4n) is 2.99. The monoisotopic (exact) mass is 288 g/mol. The van der Waals surface area contributed by atoms with Crippen molar-refractivity contribution in [2.45, 2.75) is 32.1 Å². The van der Waals surface area contributed by atoms with Gasteiger partial charge in [0.15, 0.2) is 23.0 Å². The summed E-state index contributed by atoms with van der Waals surface area (Å²) in [5.41, 5.74) is 0.382. The Labute approximate surface area is 123 Å². The van der Waals surface area contributed by atoms with E-state index >= 15 is 0 Å². The lowest BCUT2D eigenvalue weighted by molar-refractivity contribution is 0.361. The zero-order valence-electron chi connectivity index (χ0n) is 12.2. The molecule has 0 bridgehead atoms. The lowest BCUT2D eigenvalue weighted by atomic mass is 9.69. The molecule has 0 aromatic heterocycles. The third kappa shape index (κ3) is 2.27. The van der Waals surface area contributed by atoms with E-state index in [1.54, 1.807) is 24.3 Å². The van der Waals surface area contributed by atoms with Crippen LogP contribution in [0, 0.1) is 0 Å². The molecule has 0 saturated carbocycles. The summed E-state index contributed by atoms with van der Waals surface area (Å²) in [6, 6.07) is 9.60. The molecule has 0 unspecified atom stereocenters. The van der Waals surface area contributed by atoms with Crippen molar-refractivity contribution in [3.8, 4) is 23.0 Å². The highest BCUT2D eigenvalue weighted by Gasteiger charge is 2.36. The van der Waals surface area contributed by atoms with E-state index in [4.69, 9.17) is 0 Å². The Morgan fingerprint density at radius 3 is 1.43 bits per heavy atom. The highest BCUT2D eigenvalue weighted by Crippen LogP contribution is 2.49. The molecular formula is C17H20O4. The molecule has 4 heteroatoms. The second kappa shape index (κ2) is 5.56. The van der Waals surface area contributed by atoms with Crippen molar-refractivity contribution in [2.24, 2.45) is 0 Å². The van der Waals surface area contributed by atoms with Crippen molar-refractivity contribution >= 4 is 0 Å². The summed E-state index contributed by atoms with van der Waals surface area (Å²) in [5.74, 6) is -0.773. The molecule has 0 aliphatic heterocycles. The minimum Gasteiger partial charge on any atom is -0.504 e. The van der Waals surface area contributed by atoms with Crippen molar-refractivity contribution in [1.82, 2.24) is 0 Å². The van der Waals surface area contributed by atoms with Crippen LogP contribution in [0.25, 0.3) is 0 Å². The molecule has 4 nitrogen and oxygen atoms in total. The lowest BCUT2D eigenvalue weighted by Crippen LogP contribution is -2.26. The Morgan fingerprint density at radius 1 is 0.714 bits per heavy atom. The van der Waals surface area contributed by atoms with Gasteiger partial charge in [0.25, 0.3) is 0 Å². The third-order valence-electron chi connectivity index (χ3n) is 4.27. The normalized spacial score (nSPS) is 11.5. The van der Waals surface area contributed by atoms with Gasteiger partial charge in [-0.25, -0.2) is 0 Å². The number of benzene rings is 2. The highest BCUT2D eigenvalue weighted by molar-refractivity contribution is 5.57. The number of aromatic hydroxyl groups is 4. The minimum atomic E-state index is -0.689. The van der Waals surface area contributed by atoms with E-state index in [-0.39, 0.29) is 23.0 Å². The minimum absolute atomic E-state index is 0.191. The first-order valence-electron chi connectivity index (χ1n) is 7.00. The second-order valence-corrected chi connectivity index (χ2v) is 5.14. The van der Waals surface area contributed by atoms with Crippen LogP contribution in [0.2, 0.25) is 0 Å². The second-order valence-electron chi connectivity index (χ2n) is 5.14. The summed E-state index contributed by atoms with van der Waals surface area (Å²) in [5, 5.41) is 40.0. The maximum atomic E-state index is 10.2. The average molecular weight is 288 g/mol. The van der Waals surface area contributed by atoms with E-state index in [2.05, 4.69) is 0 Å². The molecule has 0 fully saturated rings. The summed E-state index contributed by atoms with van der Waals surface area (Å²) >= 11 is 0. The van der Waals surface area contributed by atoms with E-state index in [1.165, 1.54) is 12.1 Å². The standard InChI is InChI=1S/C17H20O4/c1-3-17(4-2,11-7-5-9-13(18)15(11)20)12-8-6-10-14(19)16(12)21/h5-10,18-21H,3-4H2,1-2H3. The summed E-state index contributed by atoms with van der Waals surface area (Å²) in [6.07, 6.45) is 1.19. The topological polar surface area (TPSA) is 80.9 Å². The van der Waals surface area contributed by atoms with Gasteiger partial charge < -0.3 is 20.4 Å². The quantitative estimate of drug-likeness (QED) is 0.648. The lowest BCUT2D eigenvalue weighted by Gasteiger charge is -2.34. The van der Waals surface area contributed by atoms with Crippen molar-refractivity contribution in [2.75, 3.05) is 0 Å². The first-order valence-corrected chi connectivity index (χ1v) is 7.00. The van der Waals surface area contributed by atoms with Crippen LogP contribution in [0.15, 0.2) is 36.4 Å². The number of hydrogen-bond acceptors (Lipinski definition) is 4. The van der Waals surface area contributed by atoms with Crippen LogP contribution in [0.1, 0.15) is 37.8 Å². The van der Waals surface area contributed by atoms with Crippen molar-refractivity contribution in [3.63, 3.8) is 0 Å². The van der Waals surface area contributed by atoms with E-state index < -0.39 is 5.41 Å². The number of phenolic OH excluding ortho intramolecular Hbond substituents is 4. The molecule has 2 aromatic rings. The smallest absolute Gasteiger partial charge is 0.161 e. The fourth-order valence-corrected chi connectivity index (χ4v) is 2.99. The maximum Gasteiger partial charge on any atom is 0.161 e. The number of hydrogen-bond donors (Lipinski definition) is 4. The van der Waals surface area contributed by atoms with E-state index in [0.29, 0.717) is 24.0 Å². The van der Waals surface area contributed by atoms with Gasteiger partial charge in [0, 0.05) is 16.5 Å². The van der Waals surface area contributed by atoms with Crippen LogP contribution in [0.5, 0.6) is 23.0 Å². The molecule has 0 spiro atoms. The summed E-state index contributed by atoms with van der Waals surface area (Å²) in [6.45, 7) is 3.88. The number of para-hydroxylation sites is 2. The summed E-state index contributed by atoms with van der Waals surface area (Å²) in [7, 11) is 0. The Bertz CT molecular complexity index is 592. The Balaban J connectivity index is 2.77. The van der Waals surface area contributed by atoms with E-state index in [9.17, 15) is 20.4 Å². The molecule has 0 saturated heterocycles. The SMILES string of the molecule is CCC(CC)(c1cccc(O)c1O)c1cccc(O)c1O. The summed E-state index contributed by atoms with van der Waals surface area (Å²) < 4.78 is 0. The van der Waals surface area contributed by atoms with Crippen LogP contribution < -0.4 is 0 Å². The van der Waals surface area contributed by atoms with Gasteiger partial charge in [-0.2, -0.15) is 0 Å². The molecule has 21 heavy (non-hydrogen) atoms. The Morgan fingerprint density at radius 2 is 1.10 bits per heavy atom. The molecule has 0 amide bonds. The average Bonchev–Trinajstić information content (AvgIpc) is 2.49. The van der Waals surface area contributed by atoms with Crippen LogP contribution in [-0.4, -0.2) is 20.4 Å². The Hall–Kier alpha value is -2.36. The molecular weight excluding hydrogens is 268 g/mol. The molecule has 0 aliphatic carbocycles. The van der Waals surface area contributed by atoms with Crippen LogP contribution in [0.4, 0.5) is 0 Å². The predicted octanol–water partition coefficient (Wildman–Crippen LogP) is 3.62. The predicted molar refractivity (Wildman–Crippen MR) is 80.9 cm³/mol. The van der Waals surface area contributed by atoms with Crippen molar-refractivity contribution in [3.05, 3.63) is 47.5 Å². The highest BCUT2D eigenvalue weighted by atomic mass is 16.3. The molecule has 0 heterocycles. The van der Waals surface area contributed by atoms with Crippen molar-refractivity contribution < 1.29 is 20.4 Å². The fraction of sp³-hybridized carbons (Fsp3) is 0.294. The first kappa shape index (κ1) is 15.0. The molecule has 2 aromatic carbocycles. The number of rotatable bonds is 4. The zero-order chi connectivity index (χ0) is 15.6. The van der Waals surface area contributed by atoms with Gasteiger partial charge in [0.05, 0.1) is 0 Å². The maximum absolute atomic E-state index is 10.2. The van der Waals surface area contributed by atoms with Gasteiger partial charge in [-0.05, 0) is 25.0 Å². The van der Waals surface area contributed by atoms with Gasteiger partial charge in [-0.1, -0.05) is 38.1 Å². The van der Waals surface area contributed by atoms with Crippen molar-refractivity contribution in [1.29, 1.82) is 0 Å². The number of phenols is 4. The zero-order valence-corrected chi connectivity index (χ0v) is 12.2. The van der Waals surface area contributed by atoms with Crippen LogP contribution in [0.3, 0.4) is 0 Å². The van der Waals surface area contributed by atoms with Gasteiger partial charge in [-0.15, -0.1) is 0 Å². The molecule has 4 N–H and O–H groups in total. The first-order chi connectivity index (χ1) is 9.97. The molecule has 112 valence electrons. The molecule has 0 atom stereocenters. The molecule has 2 rings (SSSR count).